The first-order valence-corrected chi connectivity index (χ1v) is 10.6. The van der Waals surface area contributed by atoms with Gasteiger partial charge < -0.3 is 15.5 Å². The van der Waals surface area contributed by atoms with Gasteiger partial charge in [-0.1, -0.05) is 47.6 Å². The lowest BCUT2D eigenvalue weighted by atomic mass is 9.85. The van der Waals surface area contributed by atoms with Crippen molar-refractivity contribution in [2.75, 3.05) is 6.54 Å². The van der Waals surface area contributed by atoms with E-state index in [4.69, 9.17) is 5.26 Å². The molecule has 0 aromatic rings. The fourth-order valence-electron chi connectivity index (χ4n) is 4.55. The zero-order chi connectivity index (χ0) is 24.6. The molecule has 10 heteroatoms. The summed E-state index contributed by atoms with van der Waals surface area (Å²) in [5.41, 5.74) is -1.20. The fourth-order valence-corrected chi connectivity index (χ4v) is 4.55. The van der Waals surface area contributed by atoms with Crippen molar-refractivity contribution in [2.24, 2.45) is 22.7 Å². The van der Waals surface area contributed by atoms with E-state index in [0.29, 0.717) is 6.42 Å². The quantitative estimate of drug-likeness (QED) is 0.600. The minimum Gasteiger partial charge on any atom is -0.348 e. The van der Waals surface area contributed by atoms with Crippen LogP contribution in [0.1, 0.15) is 48.0 Å². The number of nitriles is 1. The summed E-state index contributed by atoms with van der Waals surface area (Å²) in [4.78, 5) is 39.5. The summed E-state index contributed by atoms with van der Waals surface area (Å²) in [5, 5.41) is 13.4. The number of fused-ring (bicyclic) bond motifs is 1. The van der Waals surface area contributed by atoms with Gasteiger partial charge in [-0.3, -0.25) is 14.4 Å². The van der Waals surface area contributed by atoms with Crippen LogP contribution in [0.5, 0.6) is 0 Å². The van der Waals surface area contributed by atoms with E-state index in [9.17, 15) is 27.6 Å². The van der Waals surface area contributed by atoms with Crippen LogP contribution in [0.15, 0.2) is 12.2 Å². The van der Waals surface area contributed by atoms with Crippen LogP contribution in [-0.2, 0) is 14.4 Å². The molecule has 0 aromatic heterocycles. The normalized spacial score (nSPS) is 26.1. The van der Waals surface area contributed by atoms with Crippen molar-refractivity contribution in [1.29, 1.82) is 5.26 Å². The average Bonchev–Trinajstić information content (AvgIpc) is 3.02. The molecule has 1 aliphatic carbocycles. The smallest absolute Gasteiger partial charge is 0.348 e. The molecule has 1 saturated heterocycles. The van der Waals surface area contributed by atoms with Gasteiger partial charge in [0.05, 0.1) is 6.07 Å². The molecule has 32 heavy (non-hydrogen) atoms. The van der Waals surface area contributed by atoms with Crippen molar-refractivity contribution in [1.82, 2.24) is 15.5 Å². The monoisotopic (exact) mass is 456 g/mol. The van der Waals surface area contributed by atoms with Crippen LogP contribution in [0.3, 0.4) is 0 Å². The highest BCUT2D eigenvalue weighted by Crippen LogP contribution is 2.65. The van der Waals surface area contributed by atoms with Gasteiger partial charge in [-0.2, -0.15) is 18.4 Å². The largest absolute Gasteiger partial charge is 0.471 e. The van der Waals surface area contributed by atoms with Crippen LogP contribution in [0.2, 0.25) is 0 Å². The number of likely N-dealkylation sites (tertiary alicyclic amines) is 1. The average molecular weight is 457 g/mol. The van der Waals surface area contributed by atoms with Gasteiger partial charge in [0, 0.05) is 18.7 Å². The molecule has 0 bridgehead atoms. The maximum absolute atomic E-state index is 13.4. The zero-order valence-electron chi connectivity index (χ0n) is 19.2. The fraction of sp³-hybridized carbons (Fsp3) is 0.727. The molecule has 7 nitrogen and oxygen atoms in total. The standard InChI is InChI=1S/C22H31F3N4O3/c1-7-12(9-8-10-26)27-17(30)15-14-13(21(14,5)6)11-29(15)18(31)16(20(2,3)4)28-19(32)22(23,24)25/h8-9,12-16H,7,11H2,1-6H3,(H,27,30)(H,28,32)/b9-8+/t12-,13-,14-,15-,16+/m0/s1. The topological polar surface area (TPSA) is 102 Å². The van der Waals surface area contributed by atoms with Crippen LogP contribution >= 0.6 is 0 Å². The van der Waals surface area contributed by atoms with E-state index in [1.54, 1.807) is 26.8 Å². The highest BCUT2D eigenvalue weighted by Gasteiger charge is 2.69. The van der Waals surface area contributed by atoms with Gasteiger partial charge in [-0.05, 0) is 29.1 Å². The first kappa shape index (κ1) is 25.7. The number of allylic oxidation sites excluding steroid dienone is 1. The van der Waals surface area contributed by atoms with E-state index in [1.165, 1.54) is 11.0 Å². The molecule has 178 valence electrons. The highest BCUT2D eigenvalue weighted by molar-refractivity contribution is 5.94. The summed E-state index contributed by atoms with van der Waals surface area (Å²) in [6.07, 6.45) is -1.79. The van der Waals surface area contributed by atoms with E-state index >= 15 is 0 Å². The molecule has 0 spiro atoms. The predicted octanol–water partition coefficient (Wildman–Crippen LogP) is 2.54. The number of hydrogen-bond donors (Lipinski definition) is 2. The van der Waals surface area contributed by atoms with E-state index in [1.807, 2.05) is 32.2 Å². The molecule has 2 N–H and O–H groups in total. The maximum Gasteiger partial charge on any atom is 0.471 e. The van der Waals surface area contributed by atoms with Crippen molar-refractivity contribution in [3.8, 4) is 6.07 Å². The molecule has 2 fully saturated rings. The predicted molar refractivity (Wildman–Crippen MR) is 111 cm³/mol. The summed E-state index contributed by atoms with van der Waals surface area (Å²) >= 11 is 0. The van der Waals surface area contributed by atoms with Gasteiger partial charge in [0.25, 0.3) is 0 Å². The van der Waals surface area contributed by atoms with Crippen LogP contribution in [0, 0.1) is 34.0 Å². The Hall–Kier alpha value is -2.57. The number of rotatable bonds is 6. The number of hydrogen-bond acceptors (Lipinski definition) is 4. The summed E-state index contributed by atoms with van der Waals surface area (Å²) < 4.78 is 38.6. The molecular formula is C22H31F3N4O3. The molecule has 2 rings (SSSR count). The highest BCUT2D eigenvalue weighted by atomic mass is 19.4. The molecule has 1 saturated carbocycles. The third kappa shape index (κ3) is 5.08. The third-order valence-corrected chi connectivity index (χ3v) is 6.58. The van der Waals surface area contributed by atoms with Crippen LogP contribution in [-0.4, -0.2) is 53.5 Å². The van der Waals surface area contributed by atoms with Crippen molar-refractivity contribution >= 4 is 17.7 Å². The SMILES string of the molecule is CC[C@@H](/C=C/C#N)NC(=O)[C@@H]1[C@@H]2[C@H](CN1C(=O)[C@@H](NC(=O)C(F)(F)F)C(C)(C)C)C2(C)C. The van der Waals surface area contributed by atoms with Crippen molar-refractivity contribution in [2.45, 2.75) is 72.3 Å². The molecule has 0 aromatic carbocycles. The number of piperidine rings is 1. The Morgan fingerprint density at radius 3 is 2.28 bits per heavy atom. The third-order valence-electron chi connectivity index (χ3n) is 6.58. The Morgan fingerprint density at radius 1 is 1.22 bits per heavy atom. The van der Waals surface area contributed by atoms with Crippen molar-refractivity contribution in [3.63, 3.8) is 0 Å². The number of carbonyl (C=O) groups is 3. The summed E-state index contributed by atoms with van der Waals surface area (Å²) in [6, 6.07) is -0.860. The number of carbonyl (C=O) groups excluding carboxylic acids is 3. The Bertz CT molecular complexity index is 839. The van der Waals surface area contributed by atoms with Gasteiger partial charge in [-0.25, -0.2) is 0 Å². The lowest BCUT2D eigenvalue weighted by Gasteiger charge is -2.38. The van der Waals surface area contributed by atoms with E-state index in [2.05, 4.69) is 5.32 Å². The number of nitrogens with zero attached hydrogens (tertiary/aromatic N) is 2. The van der Waals surface area contributed by atoms with Crippen LogP contribution in [0.25, 0.3) is 0 Å². The summed E-state index contributed by atoms with van der Waals surface area (Å²) in [7, 11) is 0. The molecule has 3 amide bonds. The van der Waals surface area contributed by atoms with Crippen LogP contribution in [0.4, 0.5) is 13.2 Å². The minimum absolute atomic E-state index is 0.0378. The van der Waals surface area contributed by atoms with Crippen molar-refractivity contribution in [3.05, 3.63) is 12.2 Å². The van der Waals surface area contributed by atoms with E-state index in [-0.39, 0.29) is 23.8 Å². The van der Waals surface area contributed by atoms with Gasteiger partial charge >= 0.3 is 12.1 Å². The van der Waals surface area contributed by atoms with E-state index < -0.39 is 47.4 Å². The lowest BCUT2D eigenvalue weighted by Crippen LogP contribution is -2.61. The molecular weight excluding hydrogens is 425 g/mol. The molecule has 0 radical (unpaired) electrons. The van der Waals surface area contributed by atoms with Gasteiger partial charge in [-0.15, -0.1) is 0 Å². The molecule has 1 aliphatic heterocycles. The summed E-state index contributed by atoms with van der Waals surface area (Å²) in [6.45, 7) is 10.7. The van der Waals surface area contributed by atoms with Crippen LogP contribution < -0.4 is 10.6 Å². The molecule has 2 aliphatic rings. The zero-order valence-corrected chi connectivity index (χ0v) is 19.2. The first-order chi connectivity index (χ1) is 14.6. The number of nitrogens with one attached hydrogen (secondary N) is 2. The Balaban J connectivity index is 2.31. The Morgan fingerprint density at radius 2 is 1.81 bits per heavy atom. The number of halogens is 3. The first-order valence-electron chi connectivity index (χ1n) is 10.6. The minimum atomic E-state index is -5.13. The molecule has 0 unspecified atom stereocenters. The lowest BCUT2D eigenvalue weighted by molar-refractivity contribution is -0.176. The second kappa shape index (κ2) is 8.75. The van der Waals surface area contributed by atoms with Gasteiger partial charge in [0.15, 0.2) is 0 Å². The second-order valence-electron chi connectivity index (χ2n) is 10.2. The summed E-state index contributed by atoms with van der Waals surface area (Å²) in [5.74, 6) is -3.41. The molecule has 1 heterocycles. The van der Waals surface area contributed by atoms with E-state index in [0.717, 1.165) is 0 Å². The number of alkyl halides is 3. The second-order valence-corrected chi connectivity index (χ2v) is 10.2. The number of amides is 3. The van der Waals surface area contributed by atoms with Gasteiger partial charge in [0.2, 0.25) is 11.8 Å². The maximum atomic E-state index is 13.4. The Kier molecular flexibility index (Phi) is 7.03. The van der Waals surface area contributed by atoms with Crippen molar-refractivity contribution < 1.29 is 27.6 Å². The Labute approximate surface area is 186 Å². The van der Waals surface area contributed by atoms with Gasteiger partial charge in [0.1, 0.15) is 12.1 Å². The molecule has 5 atom stereocenters.